The molecule has 3 aliphatic rings. The van der Waals surface area contributed by atoms with Crippen LogP contribution in [0.25, 0.3) is 17.0 Å². The summed E-state index contributed by atoms with van der Waals surface area (Å²) in [6.07, 6.45) is -2.57. The van der Waals surface area contributed by atoms with Crippen LogP contribution in [0, 0.1) is 22.7 Å². The number of fused-ring (bicyclic) bond motifs is 7. The van der Waals surface area contributed by atoms with Crippen molar-refractivity contribution >= 4 is 65.1 Å². The number of nitrogens with one attached hydrogen (secondary N) is 1. The fraction of sp³-hybridized carbons (Fsp3) is 0.465. The topological polar surface area (TPSA) is 355 Å². The molecule has 9 N–H and O–H groups in total. The van der Waals surface area contributed by atoms with Gasteiger partial charge in [0, 0.05) is 59.8 Å². The van der Waals surface area contributed by atoms with Gasteiger partial charge in [-0.15, -0.1) is 11.4 Å². The smallest absolute Gasteiger partial charge is 0.664 e. The Balaban J connectivity index is 0.00000898. The van der Waals surface area contributed by atoms with Crippen LogP contribution in [0.1, 0.15) is 117 Å². The van der Waals surface area contributed by atoms with Gasteiger partial charge in [-0.25, -0.2) is 0 Å². The summed E-state index contributed by atoms with van der Waals surface area (Å²) in [5.41, 5.74) is -1.14. The number of carboxylic acids is 8. The van der Waals surface area contributed by atoms with Gasteiger partial charge in [0.1, 0.15) is 0 Å². The minimum absolute atomic E-state index is 0. The van der Waals surface area contributed by atoms with Gasteiger partial charge in [-0.3, -0.25) is 43.3 Å². The van der Waals surface area contributed by atoms with Gasteiger partial charge in [-0.05, 0) is 72.6 Å². The van der Waals surface area contributed by atoms with Crippen LogP contribution in [0.15, 0.2) is 28.2 Å². The molecule has 21 heteroatoms. The molecule has 0 amide bonds. The molecule has 3 aliphatic heterocycles. The van der Waals surface area contributed by atoms with Crippen molar-refractivity contribution in [3.8, 4) is 0 Å². The van der Waals surface area contributed by atoms with Crippen molar-refractivity contribution < 1.29 is 96.0 Å². The standard InChI is InChI=1S/C43H49N4O16.Co/c1-19-40-23(13-37(58)59)21(5-9-33(50)51)27(46-40)14-26-20(4-8-32(48)49)22(12-36(56)57)28(44-26)15-29-24(6-10-34(52)53)42(2,17-38(60)61)31(45-29)16-30-25(7-11-35(54)55)43(3,18-39(62)63)41(19)47-30;/h15-16,24-25,46H,4-14,17-18H2,1-3H3,(H9,45,47,48,49,50,51,52,53,54,55,56,57,58,59,60,61,62,63);/q-1;+2/p-1/b29-15-,41-19-;/t24-,25-,42+,43+;/m1./s1. The Morgan fingerprint density at radius 2 is 1.17 bits per heavy atom. The molecule has 2 aromatic rings. The number of hydrogen-bond donors (Lipinski definition) is 9. The van der Waals surface area contributed by atoms with Gasteiger partial charge in [-0.2, -0.15) is 11.4 Å². The first-order valence-corrected chi connectivity index (χ1v) is 20.0. The number of aliphatic imine (C=N–C) groups is 1. The maximum atomic E-state index is 12.7. The van der Waals surface area contributed by atoms with Crippen molar-refractivity contribution in [2.45, 2.75) is 104 Å². The van der Waals surface area contributed by atoms with Crippen LogP contribution in [0.5, 0.6) is 0 Å². The van der Waals surface area contributed by atoms with Gasteiger partial charge in [0.15, 0.2) is 0 Å². The summed E-state index contributed by atoms with van der Waals surface area (Å²) in [5, 5.41) is 85.0. The Morgan fingerprint density at radius 3 is 1.70 bits per heavy atom. The molecule has 2 aromatic heterocycles. The maximum absolute atomic E-state index is 12.7. The summed E-state index contributed by atoms with van der Waals surface area (Å²) >= 11 is 0. The molecule has 0 spiro atoms. The minimum Gasteiger partial charge on any atom is -0.664 e. The van der Waals surface area contributed by atoms with Gasteiger partial charge in [0.25, 0.3) is 0 Å². The third-order valence-electron chi connectivity index (χ3n) is 12.3. The number of carboxylic acid groups (broad SMARTS) is 8. The SMILES string of the molecule is C/C1=C2/[N-]/C(=C\C3=NC(=C\c4[n-]c(c(CCC(=O)O)c4CC(=O)O)Cc4[nH]c1c(CC(=O)O)c4CCC(=O)O)/[C@@H](CCC(=O)O)[C@]3(C)CC(=O)O)[C@@H](CCC(=O)O)[C@]2(C)CC(=O)O.[Co+2]. The number of H-pyrrole nitrogens is 1. The van der Waals surface area contributed by atoms with E-state index >= 15 is 0 Å². The molecule has 64 heavy (non-hydrogen) atoms. The van der Waals surface area contributed by atoms with Crippen LogP contribution in [-0.2, 0) is 87.2 Å². The van der Waals surface area contributed by atoms with E-state index in [1.165, 1.54) is 12.2 Å². The molecule has 5 rings (SSSR count). The second kappa shape index (κ2) is 19.9. The Morgan fingerprint density at radius 1 is 0.656 bits per heavy atom. The van der Waals surface area contributed by atoms with Gasteiger partial charge in [-0.1, -0.05) is 31.6 Å². The number of carbonyl (C=O) groups is 8. The van der Waals surface area contributed by atoms with Gasteiger partial charge in [0.05, 0.1) is 25.7 Å². The predicted octanol–water partition coefficient (Wildman–Crippen LogP) is 4.58. The molecule has 0 saturated carbocycles. The van der Waals surface area contributed by atoms with E-state index in [9.17, 15) is 79.2 Å². The first kappa shape index (κ1) is 50.2. The van der Waals surface area contributed by atoms with Crippen molar-refractivity contribution in [1.82, 2.24) is 9.97 Å². The molecule has 1 radical (unpaired) electrons. The molecule has 345 valence electrons. The number of aromatic amines is 1. The van der Waals surface area contributed by atoms with Gasteiger partial charge in [0.2, 0.25) is 0 Å². The third-order valence-corrected chi connectivity index (χ3v) is 12.3. The van der Waals surface area contributed by atoms with Crippen molar-refractivity contribution in [3.63, 3.8) is 0 Å². The van der Waals surface area contributed by atoms with Crippen molar-refractivity contribution in [3.05, 3.63) is 73.5 Å². The Hall–Kier alpha value is -6.48. The van der Waals surface area contributed by atoms with Gasteiger partial charge < -0.3 is 56.1 Å². The largest absolute Gasteiger partial charge is 2.00 e. The summed E-state index contributed by atoms with van der Waals surface area (Å²) in [6.45, 7) is 4.67. The molecule has 1 saturated heterocycles. The number of rotatable bonds is 20. The van der Waals surface area contributed by atoms with Gasteiger partial charge >= 0.3 is 64.5 Å². The molecule has 0 aliphatic carbocycles. The van der Waals surface area contributed by atoms with E-state index in [2.05, 4.69) is 4.98 Å². The summed E-state index contributed by atoms with van der Waals surface area (Å²) < 4.78 is 0. The molecule has 0 aromatic carbocycles. The van der Waals surface area contributed by atoms with Crippen LogP contribution in [0.3, 0.4) is 0 Å². The number of nitrogens with zero attached hydrogens (tertiary/aromatic N) is 3. The zero-order valence-electron chi connectivity index (χ0n) is 35.0. The molecule has 4 atom stereocenters. The van der Waals surface area contributed by atoms with E-state index in [1.54, 1.807) is 20.8 Å². The monoisotopic (exact) mass is 935 g/mol. The molecular formula is C43H48CoN4O16. The fourth-order valence-electron chi connectivity index (χ4n) is 9.47. The van der Waals surface area contributed by atoms with Crippen molar-refractivity contribution in [1.29, 1.82) is 0 Å². The number of allylic oxidation sites excluding steroid dienone is 5. The summed E-state index contributed by atoms with van der Waals surface area (Å²) in [6, 6.07) is 0. The predicted molar refractivity (Wildman–Crippen MR) is 219 cm³/mol. The number of aromatic nitrogens is 2. The van der Waals surface area contributed by atoms with Crippen LogP contribution in [0.4, 0.5) is 0 Å². The van der Waals surface area contributed by atoms with E-state index in [1.807, 2.05) is 0 Å². The quantitative estimate of drug-likeness (QED) is 0.0877. The molecule has 0 unspecified atom stereocenters. The third kappa shape index (κ3) is 10.8. The second-order valence-corrected chi connectivity index (χ2v) is 16.6. The molecule has 1 fully saturated rings. The summed E-state index contributed by atoms with van der Waals surface area (Å²) in [7, 11) is 0. The van der Waals surface area contributed by atoms with Crippen LogP contribution in [0.2, 0.25) is 0 Å². The normalized spacial score (nSPS) is 24.0. The first-order valence-electron chi connectivity index (χ1n) is 20.0. The molecule has 5 heterocycles. The molecule has 8 bridgehead atoms. The zero-order valence-corrected chi connectivity index (χ0v) is 36.1. The van der Waals surface area contributed by atoms with E-state index in [4.69, 9.17) is 15.3 Å². The van der Waals surface area contributed by atoms with E-state index in [0.29, 0.717) is 0 Å². The van der Waals surface area contributed by atoms with Crippen LogP contribution < -0.4 is 4.98 Å². The van der Waals surface area contributed by atoms with Crippen molar-refractivity contribution in [2.75, 3.05) is 0 Å². The fourth-order valence-corrected chi connectivity index (χ4v) is 9.47. The first-order chi connectivity index (χ1) is 29.4. The van der Waals surface area contributed by atoms with E-state index in [0.717, 1.165) is 0 Å². The maximum Gasteiger partial charge on any atom is 2.00 e. The minimum atomic E-state index is -1.50. The van der Waals surface area contributed by atoms with E-state index < -0.39 is 122 Å². The average molecular weight is 936 g/mol. The Labute approximate surface area is 375 Å². The van der Waals surface area contributed by atoms with Crippen molar-refractivity contribution in [2.24, 2.45) is 27.7 Å². The van der Waals surface area contributed by atoms with E-state index in [-0.39, 0.29) is 122 Å². The summed E-state index contributed by atoms with van der Waals surface area (Å²) in [4.78, 5) is 111. The average Bonchev–Trinajstić information content (AvgIpc) is 3.80. The second-order valence-electron chi connectivity index (χ2n) is 16.6. The van der Waals surface area contributed by atoms with Crippen LogP contribution in [-0.4, -0.2) is 99.3 Å². The number of hydrogen-bond acceptors (Lipinski definition) is 9. The summed E-state index contributed by atoms with van der Waals surface area (Å²) in [5.74, 6) is -12.0. The Bertz CT molecular complexity index is 2420. The molecule has 20 nitrogen and oxygen atoms in total. The number of aliphatic carboxylic acids is 8. The molecular weight excluding hydrogens is 887 g/mol. The van der Waals surface area contributed by atoms with Crippen LogP contribution >= 0.6 is 0 Å². The Kier molecular flexibility index (Phi) is 15.6. The zero-order chi connectivity index (χ0) is 46.7.